The van der Waals surface area contributed by atoms with E-state index < -0.39 is 4.92 Å². The number of fused-ring (bicyclic) bond motifs is 1. The minimum Gasteiger partial charge on any atom is -0.487 e. The van der Waals surface area contributed by atoms with Gasteiger partial charge in [0, 0.05) is 6.07 Å². The Kier molecular flexibility index (Phi) is 7.06. The molecule has 20 heavy (non-hydrogen) atoms. The lowest BCUT2D eigenvalue weighted by molar-refractivity contribution is -0.385. The molecule has 0 aliphatic carbocycles. The molecule has 0 aromatic heterocycles. The average Bonchev–Trinajstić information content (AvgIpc) is 2.39. The summed E-state index contributed by atoms with van der Waals surface area (Å²) in [6.45, 7) is 2.48. The number of nitro benzene ring substituents is 1. The van der Waals surface area contributed by atoms with E-state index in [1.165, 1.54) is 18.2 Å². The van der Waals surface area contributed by atoms with Gasteiger partial charge in [-0.25, -0.2) is 0 Å². The Balaban J connectivity index is 0.00000200. The third-order valence-corrected chi connectivity index (χ3v) is 2.48. The van der Waals surface area contributed by atoms with Crippen LogP contribution in [0.1, 0.15) is 0 Å². The highest BCUT2D eigenvalue weighted by Gasteiger charge is 2.13. The summed E-state index contributed by atoms with van der Waals surface area (Å²) in [6.07, 6.45) is 0. The largest absolute Gasteiger partial charge is 0.487 e. The van der Waals surface area contributed by atoms with E-state index in [1.54, 1.807) is 0 Å². The van der Waals surface area contributed by atoms with Gasteiger partial charge in [0.25, 0.3) is 5.69 Å². The van der Waals surface area contributed by atoms with Gasteiger partial charge in [-0.05, 0) is 6.07 Å². The molecule has 0 fully saturated rings. The lowest BCUT2D eigenvalue weighted by Gasteiger charge is -2.14. The summed E-state index contributed by atoms with van der Waals surface area (Å²) in [5.41, 5.74) is -0.0355. The number of benzene rings is 1. The monoisotopic (exact) mass is 305 g/mol. The van der Waals surface area contributed by atoms with Crippen LogP contribution in [0.15, 0.2) is 18.2 Å². The molecule has 0 unspecified atom stereocenters. The molecule has 0 atom stereocenters. The van der Waals surface area contributed by atoms with Crippen molar-refractivity contribution in [1.82, 2.24) is 0 Å². The van der Waals surface area contributed by atoms with Gasteiger partial charge in [0.1, 0.15) is 13.2 Å². The Hall–Kier alpha value is -1.57. The van der Waals surface area contributed by atoms with Crippen LogP contribution >= 0.6 is 12.4 Å². The van der Waals surface area contributed by atoms with Gasteiger partial charge in [-0.2, -0.15) is 0 Å². The number of halogens is 1. The van der Waals surface area contributed by atoms with Crippen LogP contribution < -0.4 is 9.47 Å². The molecule has 0 saturated carbocycles. The summed E-state index contributed by atoms with van der Waals surface area (Å²) in [4.78, 5) is 10.3. The fourth-order valence-electron chi connectivity index (χ4n) is 1.59. The molecule has 8 heteroatoms. The fourth-order valence-corrected chi connectivity index (χ4v) is 1.59. The number of hydrogen-bond acceptors (Lipinski definition) is 6. The zero-order valence-electron chi connectivity index (χ0n) is 10.8. The Morgan fingerprint density at radius 3 is 2.05 bits per heavy atom. The van der Waals surface area contributed by atoms with Gasteiger partial charge in [0.15, 0.2) is 11.5 Å². The molecule has 0 bridgehead atoms. The molecule has 1 aromatic carbocycles. The number of nitrogens with zero attached hydrogens (tertiary/aromatic N) is 1. The fraction of sp³-hybridized carbons (Fsp3) is 0.500. The highest BCUT2D eigenvalue weighted by atomic mass is 35.5. The molecule has 1 aliphatic heterocycles. The lowest BCUT2D eigenvalue weighted by atomic mass is 10.3. The van der Waals surface area contributed by atoms with Gasteiger partial charge in [-0.1, -0.05) is 0 Å². The highest BCUT2D eigenvalue weighted by molar-refractivity contribution is 5.85. The van der Waals surface area contributed by atoms with Gasteiger partial charge < -0.3 is 18.9 Å². The molecular formula is C12H16ClNO6. The average molecular weight is 306 g/mol. The summed E-state index contributed by atoms with van der Waals surface area (Å²) < 4.78 is 21.5. The molecule has 2 rings (SSSR count). The molecular weight excluding hydrogens is 290 g/mol. The zero-order chi connectivity index (χ0) is 13.5. The maximum atomic E-state index is 10.7. The lowest BCUT2D eigenvalue weighted by Crippen LogP contribution is -2.15. The molecule has 0 N–H and O–H groups in total. The van der Waals surface area contributed by atoms with E-state index in [4.69, 9.17) is 18.9 Å². The van der Waals surface area contributed by atoms with Crippen molar-refractivity contribution in [1.29, 1.82) is 0 Å². The van der Waals surface area contributed by atoms with Crippen molar-refractivity contribution in [2.24, 2.45) is 0 Å². The van der Waals surface area contributed by atoms with Crippen molar-refractivity contribution in [2.75, 3.05) is 39.6 Å². The predicted molar refractivity (Wildman–Crippen MR) is 73.0 cm³/mol. The van der Waals surface area contributed by atoms with Gasteiger partial charge >= 0.3 is 0 Å². The van der Waals surface area contributed by atoms with E-state index in [-0.39, 0.29) is 18.1 Å². The van der Waals surface area contributed by atoms with Crippen molar-refractivity contribution in [3.05, 3.63) is 28.3 Å². The van der Waals surface area contributed by atoms with E-state index in [1.807, 2.05) is 0 Å². The molecule has 1 aromatic rings. The predicted octanol–water partition coefficient (Wildman–Crippen LogP) is 1.82. The Morgan fingerprint density at radius 1 is 0.900 bits per heavy atom. The van der Waals surface area contributed by atoms with Gasteiger partial charge in [0.05, 0.1) is 37.4 Å². The molecule has 1 heterocycles. The van der Waals surface area contributed by atoms with Crippen LogP contribution in [0.25, 0.3) is 0 Å². The minimum atomic E-state index is -0.473. The summed E-state index contributed by atoms with van der Waals surface area (Å²) in [7, 11) is 0. The van der Waals surface area contributed by atoms with Crippen molar-refractivity contribution in [2.45, 2.75) is 0 Å². The van der Waals surface area contributed by atoms with E-state index in [9.17, 15) is 10.1 Å². The van der Waals surface area contributed by atoms with Crippen LogP contribution in [0.4, 0.5) is 5.69 Å². The van der Waals surface area contributed by atoms with Crippen molar-refractivity contribution < 1.29 is 23.9 Å². The molecule has 1 aliphatic rings. The SMILES string of the molecule is Cl.O=[N+]([O-])c1ccc2c(c1)OCCOCCOCCO2. The van der Waals surface area contributed by atoms with Crippen LogP contribution in [0.3, 0.4) is 0 Å². The first kappa shape index (κ1) is 16.5. The Labute approximate surface area is 122 Å². The number of ether oxygens (including phenoxy) is 4. The summed E-state index contributed by atoms with van der Waals surface area (Å²) in [6, 6.07) is 4.26. The Morgan fingerprint density at radius 2 is 1.45 bits per heavy atom. The number of non-ortho nitro benzene ring substituents is 1. The van der Waals surface area contributed by atoms with Gasteiger partial charge in [0.2, 0.25) is 0 Å². The first-order chi connectivity index (χ1) is 9.27. The van der Waals surface area contributed by atoms with Crippen molar-refractivity contribution >= 4 is 18.1 Å². The van der Waals surface area contributed by atoms with Crippen LogP contribution in [-0.4, -0.2) is 44.6 Å². The Bertz CT molecular complexity index is 442. The van der Waals surface area contributed by atoms with E-state index in [0.717, 1.165) is 0 Å². The molecule has 7 nitrogen and oxygen atoms in total. The second-order valence-electron chi connectivity index (χ2n) is 3.81. The topological polar surface area (TPSA) is 80.1 Å². The van der Waals surface area contributed by atoms with Crippen molar-refractivity contribution in [3.63, 3.8) is 0 Å². The third kappa shape index (κ3) is 4.84. The number of hydrogen-bond donors (Lipinski definition) is 0. The zero-order valence-corrected chi connectivity index (χ0v) is 11.6. The van der Waals surface area contributed by atoms with Crippen molar-refractivity contribution in [3.8, 4) is 11.5 Å². The van der Waals surface area contributed by atoms with Gasteiger partial charge in [-0.3, -0.25) is 10.1 Å². The molecule has 112 valence electrons. The van der Waals surface area contributed by atoms with Crippen LogP contribution in [0, 0.1) is 10.1 Å². The van der Waals surface area contributed by atoms with Gasteiger partial charge in [-0.15, -0.1) is 12.4 Å². The molecule has 0 saturated heterocycles. The first-order valence-corrected chi connectivity index (χ1v) is 5.97. The van der Waals surface area contributed by atoms with E-state index >= 15 is 0 Å². The molecule has 0 spiro atoms. The third-order valence-electron chi connectivity index (χ3n) is 2.48. The number of nitro groups is 1. The van der Waals surface area contributed by atoms with Crippen LogP contribution in [0.5, 0.6) is 11.5 Å². The van der Waals surface area contributed by atoms with E-state index in [0.29, 0.717) is 51.1 Å². The normalized spacial score (nSPS) is 16.2. The second kappa shape index (κ2) is 8.57. The maximum Gasteiger partial charge on any atom is 0.273 e. The minimum absolute atomic E-state index is 0. The molecule has 0 amide bonds. The summed E-state index contributed by atoms with van der Waals surface area (Å²) >= 11 is 0. The standard InChI is InChI=1S/C12H15NO6.ClH/c14-13(15)10-1-2-11-12(9-10)19-8-6-17-4-3-16-5-7-18-11;/h1-2,9H,3-8H2;1H. The van der Waals surface area contributed by atoms with E-state index in [2.05, 4.69) is 0 Å². The van der Waals surface area contributed by atoms with Crippen LogP contribution in [-0.2, 0) is 9.47 Å². The smallest absolute Gasteiger partial charge is 0.273 e. The quantitative estimate of drug-likeness (QED) is 0.581. The molecule has 0 radical (unpaired) electrons. The second-order valence-corrected chi connectivity index (χ2v) is 3.81. The van der Waals surface area contributed by atoms with Crippen LogP contribution in [0.2, 0.25) is 0 Å². The highest BCUT2D eigenvalue weighted by Crippen LogP contribution is 2.31. The maximum absolute atomic E-state index is 10.7. The first-order valence-electron chi connectivity index (χ1n) is 5.97. The number of rotatable bonds is 1. The summed E-state index contributed by atoms with van der Waals surface area (Å²) in [5, 5.41) is 10.7. The summed E-state index contributed by atoms with van der Waals surface area (Å²) in [5.74, 6) is 0.813.